The van der Waals surface area contributed by atoms with E-state index in [0.717, 1.165) is 29.2 Å². The SMILES string of the molecule is CN(C)CCOc1ncccc1-c1ccc(Oc2ccccc2)cc1. The van der Waals surface area contributed by atoms with Crippen molar-refractivity contribution in [3.05, 3.63) is 72.9 Å². The van der Waals surface area contributed by atoms with Crippen LogP contribution >= 0.6 is 0 Å². The fraction of sp³-hybridized carbons (Fsp3) is 0.190. The molecule has 0 aliphatic rings. The van der Waals surface area contributed by atoms with Gasteiger partial charge in [0.25, 0.3) is 0 Å². The molecule has 0 aliphatic heterocycles. The minimum Gasteiger partial charge on any atom is -0.476 e. The average Bonchev–Trinajstić information content (AvgIpc) is 2.63. The Bertz CT molecular complexity index is 787. The second-order valence-electron chi connectivity index (χ2n) is 5.95. The molecule has 0 atom stereocenters. The number of hydrogen-bond donors (Lipinski definition) is 0. The van der Waals surface area contributed by atoms with Crippen molar-refractivity contribution >= 4 is 0 Å². The molecule has 4 nitrogen and oxygen atoms in total. The molecule has 0 aliphatic carbocycles. The Morgan fingerprint density at radius 3 is 2.28 bits per heavy atom. The van der Waals surface area contributed by atoms with Gasteiger partial charge in [-0.05, 0) is 56.1 Å². The molecule has 1 aromatic heterocycles. The van der Waals surface area contributed by atoms with E-state index in [4.69, 9.17) is 9.47 Å². The topological polar surface area (TPSA) is 34.6 Å². The van der Waals surface area contributed by atoms with Crippen LogP contribution in [0.2, 0.25) is 0 Å². The lowest BCUT2D eigenvalue weighted by Gasteiger charge is -2.13. The Hall–Kier alpha value is -2.85. The third-order valence-corrected chi connectivity index (χ3v) is 3.69. The number of nitrogens with zero attached hydrogens (tertiary/aromatic N) is 2. The smallest absolute Gasteiger partial charge is 0.221 e. The summed E-state index contributed by atoms with van der Waals surface area (Å²) >= 11 is 0. The summed E-state index contributed by atoms with van der Waals surface area (Å²) in [5.41, 5.74) is 2.03. The fourth-order valence-electron chi connectivity index (χ4n) is 2.38. The van der Waals surface area contributed by atoms with E-state index < -0.39 is 0 Å². The Morgan fingerprint density at radius 2 is 1.56 bits per heavy atom. The second kappa shape index (κ2) is 8.31. The molecule has 0 saturated heterocycles. The van der Waals surface area contributed by atoms with Gasteiger partial charge in [0, 0.05) is 18.3 Å². The number of hydrogen-bond acceptors (Lipinski definition) is 4. The van der Waals surface area contributed by atoms with Gasteiger partial charge >= 0.3 is 0 Å². The molecule has 0 N–H and O–H groups in total. The molecule has 0 unspecified atom stereocenters. The number of rotatable bonds is 7. The number of para-hydroxylation sites is 1. The molecule has 128 valence electrons. The molecule has 3 rings (SSSR count). The highest BCUT2D eigenvalue weighted by atomic mass is 16.5. The number of ether oxygens (including phenoxy) is 2. The van der Waals surface area contributed by atoms with E-state index in [-0.39, 0.29) is 0 Å². The van der Waals surface area contributed by atoms with E-state index in [1.165, 1.54) is 0 Å². The Balaban J connectivity index is 1.74. The first kappa shape index (κ1) is 17.0. The van der Waals surface area contributed by atoms with Crippen LogP contribution in [0.3, 0.4) is 0 Å². The Kier molecular flexibility index (Phi) is 5.65. The number of pyridine rings is 1. The lowest BCUT2D eigenvalue weighted by Crippen LogP contribution is -2.19. The number of aromatic nitrogens is 1. The molecule has 0 fully saturated rings. The summed E-state index contributed by atoms with van der Waals surface area (Å²) in [5, 5.41) is 0. The van der Waals surface area contributed by atoms with Crippen molar-refractivity contribution in [2.75, 3.05) is 27.2 Å². The molecule has 25 heavy (non-hydrogen) atoms. The van der Waals surface area contributed by atoms with E-state index in [2.05, 4.69) is 9.88 Å². The van der Waals surface area contributed by atoms with Gasteiger partial charge in [0.2, 0.25) is 5.88 Å². The van der Waals surface area contributed by atoms with Gasteiger partial charge < -0.3 is 14.4 Å². The number of likely N-dealkylation sites (N-methyl/N-ethyl adjacent to an activating group) is 1. The van der Waals surface area contributed by atoms with Gasteiger partial charge in [-0.1, -0.05) is 30.3 Å². The van der Waals surface area contributed by atoms with Crippen molar-refractivity contribution < 1.29 is 9.47 Å². The van der Waals surface area contributed by atoms with Crippen molar-refractivity contribution in [1.82, 2.24) is 9.88 Å². The maximum Gasteiger partial charge on any atom is 0.221 e. The van der Waals surface area contributed by atoms with E-state index in [1.807, 2.05) is 80.8 Å². The highest BCUT2D eigenvalue weighted by molar-refractivity contribution is 5.69. The zero-order valence-corrected chi connectivity index (χ0v) is 14.6. The van der Waals surface area contributed by atoms with Crippen LogP contribution in [0.4, 0.5) is 0 Å². The molecule has 0 radical (unpaired) electrons. The zero-order valence-electron chi connectivity index (χ0n) is 14.6. The van der Waals surface area contributed by atoms with Gasteiger partial charge in [-0.2, -0.15) is 0 Å². The van der Waals surface area contributed by atoms with E-state index in [1.54, 1.807) is 6.20 Å². The molecule has 0 spiro atoms. The second-order valence-corrected chi connectivity index (χ2v) is 5.95. The van der Waals surface area contributed by atoms with Crippen molar-refractivity contribution in [3.8, 4) is 28.5 Å². The van der Waals surface area contributed by atoms with Gasteiger partial charge in [-0.15, -0.1) is 0 Å². The standard InChI is InChI=1S/C21H22N2O2/c1-23(2)15-16-24-21-20(9-6-14-22-21)17-10-12-19(13-11-17)25-18-7-4-3-5-8-18/h3-14H,15-16H2,1-2H3. The normalized spacial score (nSPS) is 10.7. The van der Waals surface area contributed by atoms with Gasteiger partial charge in [-0.25, -0.2) is 4.98 Å². The molecule has 0 amide bonds. The summed E-state index contributed by atoms with van der Waals surface area (Å²) in [6, 6.07) is 21.6. The predicted octanol–water partition coefficient (Wildman–Crippen LogP) is 4.48. The van der Waals surface area contributed by atoms with E-state index >= 15 is 0 Å². The highest BCUT2D eigenvalue weighted by Gasteiger charge is 2.08. The Morgan fingerprint density at radius 1 is 0.840 bits per heavy atom. The predicted molar refractivity (Wildman–Crippen MR) is 100 cm³/mol. The monoisotopic (exact) mass is 334 g/mol. The molecule has 0 bridgehead atoms. The maximum absolute atomic E-state index is 5.84. The first-order valence-electron chi connectivity index (χ1n) is 8.28. The maximum atomic E-state index is 5.84. The van der Waals surface area contributed by atoms with Crippen LogP contribution in [-0.4, -0.2) is 37.1 Å². The minimum atomic E-state index is 0.603. The van der Waals surface area contributed by atoms with Crippen molar-refractivity contribution in [1.29, 1.82) is 0 Å². The van der Waals surface area contributed by atoms with Gasteiger partial charge in [0.05, 0.1) is 0 Å². The lowest BCUT2D eigenvalue weighted by atomic mass is 10.1. The van der Waals surface area contributed by atoms with E-state index in [0.29, 0.717) is 12.5 Å². The Labute approximate surface area is 148 Å². The molecule has 0 saturated carbocycles. The summed E-state index contributed by atoms with van der Waals surface area (Å²) in [4.78, 5) is 6.45. The lowest BCUT2D eigenvalue weighted by molar-refractivity contribution is 0.255. The summed E-state index contributed by atoms with van der Waals surface area (Å²) in [5.74, 6) is 2.28. The summed E-state index contributed by atoms with van der Waals surface area (Å²) in [6.45, 7) is 1.45. The summed E-state index contributed by atoms with van der Waals surface area (Å²) in [6.07, 6.45) is 1.75. The zero-order chi connectivity index (χ0) is 17.5. The fourth-order valence-corrected chi connectivity index (χ4v) is 2.38. The first-order valence-corrected chi connectivity index (χ1v) is 8.28. The van der Waals surface area contributed by atoms with Gasteiger partial charge in [0.15, 0.2) is 0 Å². The van der Waals surface area contributed by atoms with Crippen LogP contribution in [0.25, 0.3) is 11.1 Å². The van der Waals surface area contributed by atoms with Crippen molar-refractivity contribution in [2.24, 2.45) is 0 Å². The molecular weight excluding hydrogens is 312 g/mol. The molecule has 1 heterocycles. The van der Waals surface area contributed by atoms with Crippen LogP contribution in [0, 0.1) is 0 Å². The third kappa shape index (κ3) is 4.81. The van der Waals surface area contributed by atoms with Crippen LogP contribution in [0.1, 0.15) is 0 Å². The molecule has 3 aromatic rings. The highest BCUT2D eigenvalue weighted by Crippen LogP contribution is 2.30. The van der Waals surface area contributed by atoms with Crippen LogP contribution < -0.4 is 9.47 Å². The third-order valence-electron chi connectivity index (χ3n) is 3.69. The van der Waals surface area contributed by atoms with Crippen molar-refractivity contribution in [3.63, 3.8) is 0 Å². The van der Waals surface area contributed by atoms with Gasteiger partial charge in [0.1, 0.15) is 18.1 Å². The van der Waals surface area contributed by atoms with Gasteiger partial charge in [-0.3, -0.25) is 0 Å². The minimum absolute atomic E-state index is 0.603. The molecule has 4 heteroatoms. The summed E-state index contributed by atoms with van der Waals surface area (Å²) in [7, 11) is 4.04. The number of benzene rings is 2. The van der Waals surface area contributed by atoms with Crippen LogP contribution in [0.5, 0.6) is 17.4 Å². The van der Waals surface area contributed by atoms with E-state index in [9.17, 15) is 0 Å². The van der Waals surface area contributed by atoms with Crippen LogP contribution in [0.15, 0.2) is 72.9 Å². The molecule has 2 aromatic carbocycles. The molecular formula is C21H22N2O2. The average molecular weight is 334 g/mol. The quantitative estimate of drug-likeness (QED) is 0.638. The first-order chi connectivity index (χ1) is 12.2. The summed E-state index contributed by atoms with van der Waals surface area (Å²) < 4.78 is 11.7. The van der Waals surface area contributed by atoms with Crippen molar-refractivity contribution in [2.45, 2.75) is 0 Å². The van der Waals surface area contributed by atoms with Crippen LogP contribution in [-0.2, 0) is 0 Å². The largest absolute Gasteiger partial charge is 0.476 e.